The van der Waals surface area contributed by atoms with Crippen molar-refractivity contribution in [3.63, 3.8) is 0 Å². The van der Waals surface area contributed by atoms with Gasteiger partial charge in [-0.2, -0.15) is 0 Å². The van der Waals surface area contributed by atoms with E-state index in [1.54, 1.807) is 11.8 Å². The first-order valence-electron chi connectivity index (χ1n) is 8.22. The molecule has 0 aromatic heterocycles. The highest BCUT2D eigenvalue weighted by Gasteiger charge is 2.14. The Morgan fingerprint density at radius 2 is 1.67 bits per heavy atom. The minimum atomic E-state index is 0.0243. The number of nitrogens with one attached hydrogen (secondary N) is 1. The Labute approximate surface area is 147 Å². The molecule has 2 aromatic carbocycles. The van der Waals surface area contributed by atoms with E-state index in [-0.39, 0.29) is 5.91 Å². The first-order chi connectivity index (χ1) is 11.7. The average Bonchev–Trinajstić information content (AvgIpc) is 2.62. The molecule has 0 radical (unpaired) electrons. The Morgan fingerprint density at radius 1 is 1.00 bits per heavy atom. The van der Waals surface area contributed by atoms with Gasteiger partial charge < -0.3 is 15.1 Å². The third-order valence-electron chi connectivity index (χ3n) is 4.13. The van der Waals surface area contributed by atoms with Gasteiger partial charge in [0.1, 0.15) is 0 Å². The van der Waals surface area contributed by atoms with Crippen molar-refractivity contribution in [3.8, 4) is 0 Å². The first kappa shape index (κ1) is 16.9. The van der Waals surface area contributed by atoms with Crippen molar-refractivity contribution in [1.29, 1.82) is 0 Å². The number of rotatable bonds is 5. The number of hydrogen-bond donors (Lipinski definition) is 1. The van der Waals surface area contributed by atoms with E-state index in [4.69, 9.17) is 0 Å². The highest BCUT2D eigenvalue weighted by molar-refractivity contribution is 8.00. The predicted molar refractivity (Wildman–Crippen MR) is 102 cm³/mol. The molecule has 0 atom stereocenters. The third kappa shape index (κ3) is 4.76. The van der Waals surface area contributed by atoms with E-state index < -0.39 is 0 Å². The van der Waals surface area contributed by atoms with Gasteiger partial charge in [0, 0.05) is 42.4 Å². The normalized spacial score (nSPS) is 15.3. The van der Waals surface area contributed by atoms with Crippen molar-refractivity contribution >= 4 is 29.0 Å². The maximum Gasteiger partial charge on any atom is 0.234 e. The van der Waals surface area contributed by atoms with Gasteiger partial charge in [-0.15, -0.1) is 11.8 Å². The maximum absolute atomic E-state index is 12.1. The van der Waals surface area contributed by atoms with Crippen LogP contribution in [0.3, 0.4) is 0 Å². The average molecular weight is 341 g/mol. The summed E-state index contributed by atoms with van der Waals surface area (Å²) in [5.74, 6) is 0.445. The van der Waals surface area contributed by atoms with Gasteiger partial charge in [0.15, 0.2) is 0 Å². The minimum absolute atomic E-state index is 0.0243. The molecule has 2 aromatic rings. The summed E-state index contributed by atoms with van der Waals surface area (Å²) in [6.45, 7) is 4.29. The van der Waals surface area contributed by atoms with E-state index >= 15 is 0 Å². The number of hydrogen-bond acceptors (Lipinski definition) is 4. The van der Waals surface area contributed by atoms with Crippen LogP contribution < -0.4 is 10.2 Å². The van der Waals surface area contributed by atoms with Crippen molar-refractivity contribution in [3.05, 3.63) is 54.6 Å². The predicted octanol–water partition coefficient (Wildman–Crippen LogP) is 3.17. The lowest BCUT2D eigenvalue weighted by Crippen LogP contribution is -2.44. The van der Waals surface area contributed by atoms with Crippen LogP contribution in [0.2, 0.25) is 0 Å². The van der Waals surface area contributed by atoms with Crippen LogP contribution in [-0.2, 0) is 4.79 Å². The molecule has 1 saturated heterocycles. The number of carbonyl (C=O) groups excluding carboxylic acids is 1. The summed E-state index contributed by atoms with van der Waals surface area (Å²) in [4.78, 5) is 17.9. The third-order valence-corrected chi connectivity index (χ3v) is 5.14. The number of thioether (sulfide) groups is 1. The van der Waals surface area contributed by atoms with Crippen molar-refractivity contribution in [2.75, 3.05) is 49.2 Å². The van der Waals surface area contributed by atoms with Crippen LogP contribution >= 0.6 is 11.8 Å². The summed E-state index contributed by atoms with van der Waals surface area (Å²) in [6.07, 6.45) is 0. The van der Waals surface area contributed by atoms with Gasteiger partial charge in [-0.05, 0) is 43.4 Å². The smallest absolute Gasteiger partial charge is 0.234 e. The molecule has 0 saturated carbocycles. The van der Waals surface area contributed by atoms with Gasteiger partial charge in [0.05, 0.1) is 5.75 Å². The lowest BCUT2D eigenvalue weighted by Gasteiger charge is -2.34. The standard InChI is InChI=1S/C19H23N3OS/c1-21-11-13-22(14-12-21)17-9-7-16(8-10-17)20-19(23)15-24-18-5-3-2-4-6-18/h2-10H,11-15H2,1H3,(H,20,23). The zero-order valence-electron chi connectivity index (χ0n) is 13.9. The zero-order chi connectivity index (χ0) is 16.8. The van der Waals surface area contributed by atoms with Crippen molar-refractivity contribution in [2.24, 2.45) is 0 Å². The fraction of sp³-hybridized carbons (Fsp3) is 0.316. The SMILES string of the molecule is CN1CCN(c2ccc(NC(=O)CSc3ccccc3)cc2)CC1. The second-order valence-electron chi connectivity index (χ2n) is 5.99. The summed E-state index contributed by atoms with van der Waals surface area (Å²) in [7, 11) is 2.16. The van der Waals surface area contributed by atoms with Crippen LogP contribution in [0.15, 0.2) is 59.5 Å². The number of anilines is 2. The van der Waals surface area contributed by atoms with E-state index in [0.29, 0.717) is 5.75 Å². The summed E-state index contributed by atoms with van der Waals surface area (Å²) in [6, 6.07) is 18.1. The Bertz CT molecular complexity index is 652. The molecule has 0 spiro atoms. The quantitative estimate of drug-likeness (QED) is 0.848. The zero-order valence-corrected chi connectivity index (χ0v) is 14.8. The highest BCUT2D eigenvalue weighted by Crippen LogP contribution is 2.20. The lowest BCUT2D eigenvalue weighted by atomic mass is 10.2. The van der Waals surface area contributed by atoms with Crippen molar-refractivity contribution < 1.29 is 4.79 Å². The van der Waals surface area contributed by atoms with Gasteiger partial charge >= 0.3 is 0 Å². The Hall–Kier alpha value is -1.98. The molecular weight excluding hydrogens is 318 g/mol. The fourth-order valence-corrected chi connectivity index (χ4v) is 3.40. The molecule has 0 unspecified atom stereocenters. The monoisotopic (exact) mass is 341 g/mol. The molecule has 5 heteroatoms. The second-order valence-corrected chi connectivity index (χ2v) is 7.04. The van der Waals surface area contributed by atoms with E-state index in [1.807, 2.05) is 42.5 Å². The number of piperazine rings is 1. The highest BCUT2D eigenvalue weighted by atomic mass is 32.2. The Balaban J connectivity index is 1.49. The number of amides is 1. The van der Waals surface area contributed by atoms with Crippen molar-refractivity contribution in [1.82, 2.24) is 4.90 Å². The van der Waals surface area contributed by atoms with Crippen molar-refractivity contribution in [2.45, 2.75) is 4.90 Å². The summed E-state index contributed by atoms with van der Waals surface area (Å²) in [5, 5.41) is 2.96. The van der Waals surface area contributed by atoms with Crippen LogP contribution in [0.25, 0.3) is 0 Å². The van der Waals surface area contributed by atoms with E-state index in [9.17, 15) is 4.79 Å². The van der Waals surface area contributed by atoms with Crippen LogP contribution in [-0.4, -0.2) is 49.8 Å². The number of likely N-dealkylation sites (N-methyl/N-ethyl adjacent to an activating group) is 1. The molecule has 3 rings (SSSR count). The second kappa shape index (κ2) is 8.22. The minimum Gasteiger partial charge on any atom is -0.369 e. The molecular formula is C19H23N3OS. The van der Waals surface area contributed by atoms with Crippen LogP contribution in [0.1, 0.15) is 0 Å². The molecule has 126 valence electrons. The van der Waals surface area contributed by atoms with Crippen LogP contribution in [0.4, 0.5) is 11.4 Å². The van der Waals surface area contributed by atoms with Gasteiger partial charge in [0.25, 0.3) is 0 Å². The molecule has 1 N–H and O–H groups in total. The molecule has 0 bridgehead atoms. The molecule has 1 amide bonds. The summed E-state index contributed by atoms with van der Waals surface area (Å²) in [5.41, 5.74) is 2.08. The molecule has 1 aliphatic heterocycles. The Morgan fingerprint density at radius 3 is 2.33 bits per heavy atom. The molecule has 1 fully saturated rings. The molecule has 4 nitrogen and oxygen atoms in total. The Kier molecular flexibility index (Phi) is 5.77. The number of nitrogens with zero attached hydrogens (tertiary/aromatic N) is 2. The molecule has 0 aliphatic carbocycles. The van der Waals surface area contributed by atoms with Gasteiger partial charge in [-0.3, -0.25) is 4.79 Å². The largest absolute Gasteiger partial charge is 0.369 e. The van der Waals surface area contributed by atoms with E-state index in [0.717, 1.165) is 36.8 Å². The van der Waals surface area contributed by atoms with Crippen LogP contribution in [0.5, 0.6) is 0 Å². The summed E-state index contributed by atoms with van der Waals surface area (Å²) >= 11 is 1.55. The lowest BCUT2D eigenvalue weighted by molar-refractivity contribution is -0.113. The molecule has 1 aliphatic rings. The van der Waals surface area contributed by atoms with Gasteiger partial charge in [0.2, 0.25) is 5.91 Å². The topological polar surface area (TPSA) is 35.6 Å². The number of benzene rings is 2. The van der Waals surface area contributed by atoms with Gasteiger partial charge in [-0.1, -0.05) is 18.2 Å². The van der Waals surface area contributed by atoms with E-state index in [1.165, 1.54) is 5.69 Å². The van der Waals surface area contributed by atoms with Crippen LogP contribution in [0, 0.1) is 0 Å². The fourth-order valence-electron chi connectivity index (χ4n) is 2.68. The molecule has 24 heavy (non-hydrogen) atoms. The first-order valence-corrected chi connectivity index (χ1v) is 9.20. The molecule has 1 heterocycles. The summed E-state index contributed by atoms with van der Waals surface area (Å²) < 4.78 is 0. The van der Waals surface area contributed by atoms with E-state index in [2.05, 4.69) is 34.3 Å². The maximum atomic E-state index is 12.1. The van der Waals surface area contributed by atoms with Gasteiger partial charge in [-0.25, -0.2) is 0 Å². The number of carbonyl (C=O) groups is 1.